The Hall–Kier alpha value is -3.29. The van der Waals surface area contributed by atoms with Crippen LogP contribution in [0.5, 0.6) is 0 Å². The summed E-state index contributed by atoms with van der Waals surface area (Å²) in [6.07, 6.45) is 25.8. The second-order valence-corrected chi connectivity index (χ2v) is 20.4. The first-order valence-corrected chi connectivity index (χ1v) is 29.0. The van der Waals surface area contributed by atoms with Gasteiger partial charge >= 0.3 is 0 Å². The van der Waals surface area contributed by atoms with Gasteiger partial charge in [-0.3, -0.25) is 4.79 Å². The molecule has 1 amide bonds. The van der Waals surface area contributed by atoms with Crippen molar-refractivity contribution in [2.24, 2.45) is 0 Å². The fraction of sp³-hybridized carbons (Fsp3) is 0.717. The summed E-state index contributed by atoms with van der Waals surface area (Å²) in [5.74, 6) is -0.306. The minimum atomic E-state index is -1.98. The molecule has 0 radical (unpaired) electrons. The first-order chi connectivity index (χ1) is 38.3. The van der Waals surface area contributed by atoms with Crippen LogP contribution in [0.25, 0.3) is 0 Å². The molecule has 17 atom stereocenters. The van der Waals surface area contributed by atoms with Crippen LogP contribution in [0.3, 0.4) is 0 Å². The van der Waals surface area contributed by atoms with Gasteiger partial charge in [0.1, 0.15) is 73.2 Å². The summed E-state index contributed by atoms with van der Waals surface area (Å²) in [4.78, 5) is 13.2. The Balaban J connectivity index is 1.42. The molecule has 19 nitrogen and oxygen atoms in total. The Bertz CT molecular complexity index is 1820. The molecular weight excluding hydrogens is 1020 g/mol. The van der Waals surface area contributed by atoms with Crippen LogP contribution < -0.4 is 5.32 Å². The maximum Gasteiger partial charge on any atom is 0.220 e. The van der Waals surface area contributed by atoms with Crippen molar-refractivity contribution in [2.45, 2.75) is 247 Å². The molecule has 3 aliphatic rings. The van der Waals surface area contributed by atoms with Gasteiger partial charge in [0.25, 0.3) is 0 Å². The van der Waals surface area contributed by atoms with Crippen molar-refractivity contribution in [3.8, 4) is 0 Å². The van der Waals surface area contributed by atoms with E-state index in [-0.39, 0.29) is 18.9 Å². The molecule has 3 saturated heterocycles. The van der Waals surface area contributed by atoms with E-state index in [0.717, 1.165) is 116 Å². The molecule has 0 aromatic rings. The van der Waals surface area contributed by atoms with Crippen LogP contribution in [0.1, 0.15) is 142 Å². The third-order valence-corrected chi connectivity index (χ3v) is 13.9. The van der Waals surface area contributed by atoms with Crippen LogP contribution >= 0.6 is 0 Å². The Morgan fingerprint density at radius 1 is 0.468 bits per heavy atom. The quantitative estimate of drug-likeness (QED) is 0.0295. The fourth-order valence-corrected chi connectivity index (χ4v) is 9.11. The van der Waals surface area contributed by atoms with Crippen LogP contribution in [-0.4, -0.2) is 193 Å². The number of carbonyl (C=O) groups is 1. The van der Waals surface area contributed by atoms with Crippen molar-refractivity contribution in [1.29, 1.82) is 0 Å². The summed E-state index contributed by atoms with van der Waals surface area (Å²) >= 11 is 0. The van der Waals surface area contributed by atoms with E-state index in [2.05, 4.69) is 104 Å². The lowest BCUT2D eigenvalue weighted by Gasteiger charge is -2.48. The third-order valence-electron chi connectivity index (χ3n) is 13.9. The number of nitrogens with one attached hydrogen (secondary N) is 1. The smallest absolute Gasteiger partial charge is 0.220 e. The van der Waals surface area contributed by atoms with E-state index >= 15 is 0 Å². The van der Waals surface area contributed by atoms with Crippen LogP contribution in [0.4, 0.5) is 0 Å². The maximum absolute atomic E-state index is 13.2. The number of aliphatic hydroxyl groups is 11. The van der Waals surface area contributed by atoms with E-state index in [1.807, 2.05) is 6.08 Å². The van der Waals surface area contributed by atoms with Crippen LogP contribution in [0.15, 0.2) is 97.2 Å². The molecule has 0 aromatic carbocycles. The summed E-state index contributed by atoms with van der Waals surface area (Å²) in [7, 11) is 0. The number of aliphatic hydroxyl groups excluding tert-OH is 11. The molecule has 0 aliphatic carbocycles. The number of carbonyl (C=O) groups excluding carboxylic acids is 1. The zero-order valence-corrected chi connectivity index (χ0v) is 46.8. The average Bonchev–Trinajstić information content (AvgIpc) is 3.47. The highest BCUT2D eigenvalue weighted by atomic mass is 16.8. The Kier molecular flexibility index (Phi) is 37.7. The first kappa shape index (κ1) is 70.0. The molecule has 12 N–H and O–H groups in total. The van der Waals surface area contributed by atoms with E-state index < -0.39 is 124 Å². The summed E-state index contributed by atoms with van der Waals surface area (Å²) < 4.78 is 34.1. The average molecular weight is 1120 g/mol. The van der Waals surface area contributed by atoms with Gasteiger partial charge in [0.2, 0.25) is 5.91 Å². The number of ether oxygens (including phenoxy) is 6. The number of unbranched alkanes of at least 4 members (excludes halogenated alkanes) is 10. The molecule has 0 bridgehead atoms. The SMILES string of the molecule is CC/C=C\C/C=C\C/C=C\C/C=C\C/C=C\C/C=C\C/C=C\CCCCCCCC(=O)NC(COC1OC(CO)C(OC2OC(CO)C(OC3OC(CO)C(O)C(O)C3O)C(O)C2O)C(O)C1O)C(O)/C=C/CCCCCCC. The van der Waals surface area contributed by atoms with Crippen LogP contribution in [-0.2, 0) is 33.2 Å². The van der Waals surface area contributed by atoms with Gasteiger partial charge in [-0.1, -0.05) is 156 Å². The Morgan fingerprint density at radius 3 is 1.37 bits per heavy atom. The molecule has 0 aromatic heterocycles. The second kappa shape index (κ2) is 42.5. The van der Waals surface area contributed by atoms with Crippen molar-refractivity contribution in [1.82, 2.24) is 5.32 Å². The predicted octanol–water partition coefficient (Wildman–Crippen LogP) is 4.59. The Morgan fingerprint density at radius 2 is 0.873 bits per heavy atom. The summed E-state index contributed by atoms with van der Waals surface area (Å²) in [5, 5.41) is 120. The number of hydrogen-bond donors (Lipinski definition) is 12. The molecular formula is C60H99NO18. The highest BCUT2D eigenvalue weighted by Gasteiger charge is 2.53. The van der Waals surface area contributed by atoms with E-state index in [9.17, 15) is 61.0 Å². The topological polar surface area (TPSA) is 307 Å². The van der Waals surface area contributed by atoms with Gasteiger partial charge in [-0.15, -0.1) is 0 Å². The monoisotopic (exact) mass is 1120 g/mol. The molecule has 79 heavy (non-hydrogen) atoms. The van der Waals surface area contributed by atoms with Crippen molar-refractivity contribution in [3.63, 3.8) is 0 Å². The van der Waals surface area contributed by atoms with Gasteiger partial charge in [-0.05, 0) is 77.0 Å². The van der Waals surface area contributed by atoms with Crippen LogP contribution in [0.2, 0.25) is 0 Å². The van der Waals surface area contributed by atoms with Crippen molar-refractivity contribution in [2.75, 3.05) is 26.4 Å². The second-order valence-electron chi connectivity index (χ2n) is 20.4. The van der Waals surface area contributed by atoms with Crippen molar-refractivity contribution >= 4 is 5.91 Å². The van der Waals surface area contributed by atoms with E-state index in [1.54, 1.807) is 6.08 Å². The first-order valence-electron chi connectivity index (χ1n) is 29.0. The molecule has 0 saturated carbocycles. The van der Waals surface area contributed by atoms with E-state index in [4.69, 9.17) is 28.4 Å². The lowest BCUT2D eigenvalue weighted by Crippen LogP contribution is -2.66. The number of hydrogen-bond acceptors (Lipinski definition) is 18. The molecule has 19 heteroatoms. The number of allylic oxidation sites excluding steroid dienone is 15. The highest BCUT2D eigenvalue weighted by molar-refractivity contribution is 5.76. The largest absolute Gasteiger partial charge is 0.394 e. The zero-order chi connectivity index (χ0) is 57.6. The molecule has 3 rings (SSSR count). The van der Waals surface area contributed by atoms with Gasteiger partial charge in [0.05, 0.1) is 38.6 Å². The van der Waals surface area contributed by atoms with Crippen molar-refractivity contribution in [3.05, 3.63) is 97.2 Å². The zero-order valence-electron chi connectivity index (χ0n) is 46.8. The third kappa shape index (κ3) is 26.7. The van der Waals surface area contributed by atoms with Gasteiger partial charge < -0.3 is 89.9 Å². The standard InChI is InChI=1S/C60H99NO18/c1-3-5-7-9-11-12-13-14-15-16-17-18-19-20-21-22-23-24-25-26-27-28-29-30-32-34-36-38-48(66)61-43(44(65)37-35-33-31-10-8-6-4-2)42-74-58-54(72)51(69)56(46(40-63)76-58)79-60-55(73)52(70)57(47(41-64)77-60)78-59-53(71)50(68)49(67)45(39-62)75-59/h5,7,11-12,14-15,17-18,20-21,23-24,26-27,35,37,43-47,49-60,62-65,67-73H,3-4,6,8-10,13,16,19,22,25,28-34,36,38-42H2,1-2H3,(H,61,66)/b7-5-,12-11-,15-14-,18-17-,21-20-,24-23-,27-26-,37-35+. The normalized spacial score (nSPS) is 31.0. The number of amides is 1. The van der Waals surface area contributed by atoms with Gasteiger partial charge in [-0.2, -0.15) is 0 Å². The van der Waals surface area contributed by atoms with Crippen molar-refractivity contribution < 1.29 is 89.4 Å². The highest BCUT2D eigenvalue weighted by Crippen LogP contribution is 2.33. The lowest BCUT2D eigenvalue weighted by molar-refractivity contribution is -0.379. The summed E-state index contributed by atoms with van der Waals surface area (Å²) in [5.41, 5.74) is 0. The molecule has 452 valence electrons. The molecule has 17 unspecified atom stereocenters. The molecule has 0 spiro atoms. The summed E-state index contributed by atoms with van der Waals surface area (Å²) in [6, 6.07) is -0.987. The predicted molar refractivity (Wildman–Crippen MR) is 300 cm³/mol. The maximum atomic E-state index is 13.2. The fourth-order valence-electron chi connectivity index (χ4n) is 9.11. The lowest BCUT2D eigenvalue weighted by atomic mass is 9.96. The van der Waals surface area contributed by atoms with Gasteiger partial charge in [0.15, 0.2) is 18.9 Å². The minimum absolute atomic E-state index is 0.213. The van der Waals surface area contributed by atoms with E-state index in [1.165, 1.54) is 0 Å². The summed E-state index contributed by atoms with van der Waals surface area (Å²) in [6.45, 7) is 1.48. The van der Waals surface area contributed by atoms with Crippen LogP contribution in [0, 0.1) is 0 Å². The van der Waals surface area contributed by atoms with Gasteiger partial charge in [-0.25, -0.2) is 0 Å². The Labute approximate surface area is 469 Å². The number of rotatable bonds is 40. The molecule has 3 fully saturated rings. The van der Waals surface area contributed by atoms with E-state index in [0.29, 0.717) is 6.42 Å². The van der Waals surface area contributed by atoms with Gasteiger partial charge in [0, 0.05) is 6.42 Å². The molecule has 3 aliphatic heterocycles. The minimum Gasteiger partial charge on any atom is -0.394 e. The molecule has 3 heterocycles.